The standard InChI is InChI=1S/C19H16N2O4/c22-17-14-5-2-1-4-12(14)13-8-7-11(10-15(13)20-17)18(23)21-9-3-6-16(21)19(24)25/h1-2,4-5,7-8,10,16H,3,6,9H2,(H,20,22)(H,24,25)/t16-/m0/s1. The summed E-state index contributed by atoms with van der Waals surface area (Å²) in [5.41, 5.74) is 0.740. The molecule has 1 amide bonds. The lowest BCUT2D eigenvalue weighted by Crippen LogP contribution is -2.40. The summed E-state index contributed by atoms with van der Waals surface area (Å²) < 4.78 is 0. The Balaban J connectivity index is 1.82. The number of likely N-dealkylation sites (tertiary alicyclic amines) is 1. The Hall–Kier alpha value is -3.15. The fourth-order valence-electron chi connectivity index (χ4n) is 3.55. The van der Waals surface area contributed by atoms with E-state index in [1.165, 1.54) is 4.90 Å². The van der Waals surface area contributed by atoms with Crippen molar-refractivity contribution in [3.05, 3.63) is 58.4 Å². The van der Waals surface area contributed by atoms with Gasteiger partial charge in [-0.25, -0.2) is 4.79 Å². The van der Waals surface area contributed by atoms with Gasteiger partial charge in [0, 0.05) is 28.4 Å². The summed E-state index contributed by atoms with van der Waals surface area (Å²) >= 11 is 0. The molecule has 1 saturated heterocycles. The SMILES string of the molecule is O=C(O)[C@@H]1CCCN1C(=O)c1ccc2c(c1)[nH]c(=O)c1ccccc12. The first-order valence-corrected chi connectivity index (χ1v) is 8.15. The predicted molar refractivity (Wildman–Crippen MR) is 93.8 cm³/mol. The fraction of sp³-hybridized carbons (Fsp3) is 0.211. The molecule has 0 unspecified atom stereocenters. The van der Waals surface area contributed by atoms with Gasteiger partial charge in [0.25, 0.3) is 11.5 Å². The highest BCUT2D eigenvalue weighted by molar-refractivity contribution is 6.08. The average Bonchev–Trinajstić information content (AvgIpc) is 3.11. The van der Waals surface area contributed by atoms with Crippen LogP contribution in [0.15, 0.2) is 47.3 Å². The van der Waals surface area contributed by atoms with Crippen molar-refractivity contribution in [3.63, 3.8) is 0 Å². The number of carbonyl (C=O) groups is 2. The summed E-state index contributed by atoms with van der Waals surface area (Å²) in [6.45, 7) is 0.433. The molecule has 1 fully saturated rings. The number of nitrogens with zero attached hydrogens (tertiary/aromatic N) is 1. The molecule has 2 N–H and O–H groups in total. The van der Waals surface area contributed by atoms with Crippen molar-refractivity contribution >= 4 is 33.6 Å². The average molecular weight is 336 g/mol. The lowest BCUT2D eigenvalue weighted by atomic mass is 10.0. The lowest BCUT2D eigenvalue weighted by molar-refractivity contribution is -0.141. The van der Waals surface area contributed by atoms with Gasteiger partial charge in [0.1, 0.15) is 6.04 Å². The van der Waals surface area contributed by atoms with E-state index >= 15 is 0 Å². The first-order chi connectivity index (χ1) is 12.1. The van der Waals surface area contributed by atoms with Crippen LogP contribution in [0, 0.1) is 0 Å². The highest BCUT2D eigenvalue weighted by Crippen LogP contribution is 2.25. The molecule has 126 valence electrons. The zero-order valence-corrected chi connectivity index (χ0v) is 13.4. The zero-order valence-electron chi connectivity index (χ0n) is 13.4. The van der Waals surface area contributed by atoms with Crippen LogP contribution in [0.5, 0.6) is 0 Å². The minimum absolute atomic E-state index is 0.211. The summed E-state index contributed by atoms with van der Waals surface area (Å²) in [5.74, 6) is -1.30. The third-order valence-corrected chi connectivity index (χ3v) is 4.78. The molecule has 1 atom stereocenters. The van der Waals surface area contributed by atoms with Crippen LogP contribution in [0.25, 0.3) is 21.7 Å². The first-order valence-electron chi connectivity index (χ1n) is 8.15. The molecule has 1 aliphatic heterocycles. The number of nitrogens with one attached hydrogen (secondary N) is 1. The number of rotatable bonds is 2. The fourth-order valence-corrected chi connectivity index (χ4v) is 3.55. The van der Waals surface area contributed by atoms with Gasteiger partial charge in [0.05, 0.1) is 0 Å². The van der Waals surface area contributed by atoms with E-state index in [0.717, 1.165) is 10.8 Å². The Labute approximate surface area is 142 Å². The van der Waals surface area contributed by atoms with Crippen LogP contribution in [0.4, 0.5) is 0 Å². The van der Waals surface area contributed by atoms with E-state index in [4.69, 9.17) is 0 Å². The normalized spacial score (nSPS) is 17.3. The van der Waals surface area contributed by atoms with Crippen molar-refractivity contribution in [2.45, 2.75) is 18.9 Å². The molecule has 2 heterocycles. The van der Waals surface area contributed by atoms with Gasteiger partial charge in [-0.1, -0.05) is 24.3 Å². The minimum Gasteiger partial charge on any atom is -0.480 e. The third-order valence-electron chi connectivity index (χ3n) is 4.78. The van der Waals surface area contributed by atoms with E-state index < -0.39 is 12.0 Å². The second-order valence-corrected chi connectivity index (χ2v) is 6.25. The topological polar surface area (TPSA) is 90.5 Å². The van der Waals surface area contributed by atoms with Gasteiger partial charge in [0.2, 0.25) is 0 Å². The number of carboxylic acids is 1. The number of pyridine rings is 1. The molecule has 1 aromatic heterocycles. The summed E-state index contributed by atoms with van der Waals surface area (Å²) in [6, 6.07) is 11.6. The maximum Gasteiger partial charge on any atom is 0.326 e. The molecule has 0 aliphatic carbocycles. The number of aliphatic carboxylic acids is 1. The highest BCUT2D eigenvalue weighted by Gasteiger charge is 2.34. The van der Waals surface area contributed by atoms with Crippen molar-refractivity contribution in [1.82, 2.24) is 9.88 Å². The first kappa shape index (κ1) is 15.4. The number of carboxylic acid groups (broad SMARTS) is 1. The molecular formula is C19H16N2O4. The molecule has 6 nitrogen and oxygen atoms in total. The largest absolute Gasteiger partial charge is 0.480 e. The van der Waals surface area contributed by atoms with E-state index in [9.17, 15) is 19.5 Å². The summed E-state index contributed by atoms with van der Waals surface area (Å²) in [4.78, 5) is 40.5. The number of amides is 1. The molecular weight excluding hydrogens is 320 g/mol. The number of H-pyrrole nitrogens is 1. The number of fused-ring (bicyclic) bond motifs is 3. The van der Waals surface area contributed by atoms with Gasteiger partial charge < -0.3 is 15.0 Å². The number of aromatic amines is 1. The van der Waals surface area contributed by atoms with Crippen LogP contribution in [-0.2, 0) is 4.79 Å². The van der Waals surface area contributed by atoms with E-state index in [2.05, 4.69) is 4.98 Å². The molecule has 4 rings (SSSR count). The monoisotopic (exact) mass is 336 g/mol. The van der Waals surface area contributed by atoms with Crippen molar-refractivity contribution in [2.24, 2.45) is 0 Å². The van der Waals surface area contributed by atoms with Crippen molar-refractivity contribution in [2.75, 3.05) is 6.54 Å². The summed E-state index contributed by atoms with van der Waals surface area (Å²) in [5, 5.41) is 11.5. The highest BCUT2D eigenvalue weighted by atomic mass is 16.4. The molecule has 0 bridgehead atoms. The number of hydrogen-bond donors (Lipinski definition) is 2. The lowest BCUT2D eigenvalue weighted by Gasteiger charge is -2.21. The predicted octanol–water partition coefficient (Wildman–Crippen LogP) is 2.37. The quantitative estimate of drug-likeness (QED) is 0.703. The third kappa shape index (κ3) is 2.46. The number of carbonyl (C=O) groups excluding carboxylic acids is 1. The molecule has 6 heteroatoms. The van der Waals surface area contributed by atoms with Crippen LogP contribution >= 0.6 is 0 Å². The van der Waals surface area contributed by atoms with Crippen molar-refractivity contribution < 1.29 is 14.7 Å². The van der Waals surface area contributed by atoms with E-state index in [-0.39, 0.29) is 11.5 Å². The van der Waals surface area contributed by atoms with Crippen LogP contribution in [0.2, 0.25) is 0 Å². The van der Waals surface area contributed by atoms with Gasteiger partial charge in [-0.15, -0.1) is 0 Å². The Morgan fingerprint density at radius 1 is 1.08 bits per heavy atom. The Morgan fingerprint density at radius 3 is 2.60 bits per heavy atom. The Kier molecular flexibility index (Phi) is 3.53. The number of benzene rings is 2. The Morgan fingerprint density at radius 2 is 1.84 bits per heavy atom. The van der Waals surface area contributed by atoms with Gasteiger partial charge >= 0.3 is 5.97 Å². The van der Waals surface area contributed by atoms with Gasteiger partial charge in [-0.05, 0) is 36.4 Å². The molecule has 0 radical (unpaired) electrons. The second kappa shape index (κ2) is 5.73. The number of aromatic nitrogens is 1. The minimum atomic E-state index is -0.981. The maximum absolute atomic E-state index is 12.7. The van der Waals surface area contributed by atoms with E-state index in [1.807, 2.05) is 12.1 Å². The van der Waals surface area contributed by atoms with Gasteiger partial charge in [-0.3, -0.25) is 9.59 Å². The smallest absolute Gasteiger partial charge is 0.326 e. The van der Waals surface area contributed by atoms with Crippen molar-refractivity contribution in [1.29, 1.82) is 0 Å². The van der Waals surface area contributed by atoms with E-state index in [0.29, 0.717) is 35.9 Å². The number of hydrogen-bond acceptors (Lipinski definition) is 3. The van der Waals surface area contributed by atoms with Gasteiger partial charge in [-0.2, -0.15) is 0 Å². The van der Waals surface area contributed by atoms with Crippen molar-refractivity contribution in [3.8, 4) is 0 Å². The molecule has 3 aromatic rings. The van der Waals surface area contributed by atoms with Gasteiger partial charge in [0.15, 0.2) is 0 Å². The maximum atomic E-state index is 12.7. The van der Waals surface area contributed by atoms with Crippen LogP contribution < -0.4 is 5.56 Å². The Bertz CT molecular complexity index is 1070. The summed E-state index contributed by atoms with van der Waals surface area (Å²) in [6.07, 6.45) is 1.15. The van der Waals surface area contributed by atoms with Crippen LogP contribution in [0.1, 0.15) is 23.2 Å². The molecule has 0 saturated carbocycles. The molecule has 0 spiro atoms. The molecule has 1 aliphatic rings. The molecule has 2 aromatic carbocycles. The van der Waals surface area contributed by atoms with E-state index in [1.54, 1.807) is 30.3 Å². The second-order valence-electron chi connectivity index (χ2n) is 6.25. The van der Waals surface area contributed by atoms with Crippen LogP contribution in [-0.4, -0.2) is 39.5 Å². The molecule has 25 heavy (non-hydrogen) atoms. The zero-order chi connectivity index (χ0) is 17.6. The summed E-state index contributed by atoms with van der Waals surface area (Å²) in [7, 11) is 0. The van der Waals surface area contributed by atoms with Crippen LogP contribution in [0.3, 0.4) is 0 Å².